The molecule has 2 aliphatic carbocycles. The van der Waals surface area contributed by atoms with Crippen LogP contribution in [0.5, 0.6) is 11.5 Å². The van der Waals surface area contributed by atoms with Crippen LogP contribution in [-0.2, 0) is 0 Å². The third-order valence-electron chi connectivity index (χ3n) is 4.45. The van der Waals surface area contributed by atoms with Crippen molar-refractivity contribution in [3.8, 4) is 11.5 Å². The molecular formula is C19H13NO4. The van der Waals surface area contributed by atoms with Crippen molar-refractivity contribution >= 4 is 21.5 Å². The minimum atomic E-state index is -0.557. The zero-order chi connectivity index (χ0) is 17.2. The summed E-state index contributed by atoms with van der Waals surface area (Å²) in [6, 6.07) is 8.04. The molecule has 24 heavy (non-hydrogen) atoms. The molecule has 118 valence electrons. The number of benzene rings is 2. The van der Waals surface area contributed by atoms with Crippen LogP contribution in [0.25, 0.3) is 21.5 Å². The number of phenolic OH excluding ortho intramolecular Hbond substituents is 1. The Labute approximate surface area is 135 Å². The second-order valence-electron chi connectivity index (χ2n) is 5.87. The quantitative estimate of drug-likeness (QED) is 0.560. The molecule has 0 amide bonds. The van der Waals surface area contributed by atoms with Crippen molar-refractivity contribution in [3.05, 3.63) is 72.1 Å². The number of hydrogen-bond acceptors (Lipinski definition) is 5. The van der Waals surface area contributed by atoms with E-state index in [4.69, 9.17) is 10.1 Å². The van der Waals surface area contributed by atoms with Crippen LogP contribution in [0.1, 0.15) is 5.56 Å². The first-order valence-electron chi connectivity index (χ1n) is 7.39. The minimum Gasteiger partial charge on any atom is -0.507 e. The van der Waals surface area contributed by atoms with Gasteiger partial charge < -0.3 is 9.84 Å². The first kappa shape index (κ1) is 14.4. The van der Waals surface area contributed by atoms with Crippen molar-refractivity contribution in [3.63, 3.8) is 0 Å². The average Bonchev–Trinajstić information content (AvgIpc) is 2.86. The summed E-state index contributed by atoms with van der Waals surface area (Å²) >= 11 is 0. The first-order chi connectivity index (χ1) is 11.5. The molecule has 2 aromatic carbocycles. The zero-order valence-corrected chi connectivity index (χ0v) is 13.1. The Bertz CT molecular complexity index is 1360. The predicted molar refractivity (Wildman–Crippen MR) is 90.5 cm³/mol. The summed E-state index contributed by atoms with van der Waals surface area (Å²) in [6.45, 7) is 1.83. The van der Waals surface area contributed by atoms with Crippen LogP contribution >= 0.6 is 0 Å². The molecule has 0 bridgehead atoms. The highest BCUT2D eigenvalue weighted by molar-refractivity contribution is 5.97. The molecule has 0 spiro atoms. The number of phenols is 1. The van der Waals surface area contributed by atoms with Gasteiger partial charge in [-0.1, -0.05) is 12.1 Å². The fourth-order valence-electron chi connectivity index (χ4n) is 3.45. The molecule has 0 aromatic heterocycles. The molecule has 2 aliphatic rings. The van der Waals surface area contributed by atoms with E-state index in [1.165, 1.54) is 13.2 Å². The van der Waals surface area contributed by atoms with Gasteiger partial charge in [0.25, 0.3) is 0 Å². The minimum absolute atomic E-state index is 0.0905. The summed E-state index contributed by atoms with van der Waals surface area (Å²) in [7, 11) is 1.49. The van der Waals surface area contributed by atoms with Gasteiger partial charge in [0.15, 0.2) is 5.43 Å². The van der Waals surface area contributed by atoms with Crippen LogP contribution in [-0.4, -0.2) is 12.2 Å². The molecule has 2 aromatic rings. The van der Waals surface area contributed by atoms with Crippen molar-refractivity contribution in [2.24, 2.45) is 0 Å². The fraction of sp³-hybridized carbons (Fsp3) is 0.105. The predicted octanol–water partition coefficient (Wildman–Crippen LogP) is 1.82. The molecule has 5 heteroatoms. The van der Waals surface area contributed by atoms with Crippen LogP contribution in [0.2, 0.25) is 0 Å². The maximum Gasteiger partial charge on any atom is 0.212 e. The van der Waals surface area contributed by atoms with Gasteiger partial charge in [0.2, 0.25) is 5.43 Å². The first-order valence-corrected chi connectivity index (χ1v) is 7.39. The molecule has 0 aliphatic heterocycles. The molecule has 0 heterocycles. The van der Waals surface area contributed by atoms with Gasteiger partial charge in [-0.2, -0.15) is 0 Å². The molecule has 0 radical (unpaired) electrons. The number of methoxy groups -OCH3 is 1. The lowest BCUT2D eigenvalue weighted by atomic mass is 10.0. The Balaban J connectivity index is 2.59. The third-order valence-corrected chi connectivity index (χ3v) is 4.45. The molecular weight excluding hydrogens is 306 g/mol. The summed E-state index contributed by atoms with van der Waals surface area (Å²) in [5, 5.41) is 19.8. The van der Waals surface area contributed by atoms with Crippen molar-refractivity contribution < 1.29 is 9.84 Å². The van der Waals surface area contributed by atoms with Crippen molar-refractivity contribution in [1.82, 2.24) is 0 Å². The van der Waals surface area contributed by atoms with Crippen LogP contribution in [0, 0.1) is 22.8 Å². The largest absolute Gasteiger partial charge is 0.507 e. The number of rotatable bonds is 1. The van der Waals surface area contributed by atoms with Crippen molar-refractivity contribution in [1.29, 1.82) is 5.41 Å². The van der Waals surface area contributed by atoms with E-state index in [-0.39, 0.29) is 37.7 Å². The smallest absolute Gasteiger partial charge is 0.212 e. The molecule has 0 saturated heterocycles. The van der Waals surface area contributed by atoms with Gasteiger partial charge in [-0.05, 0) is 30.7 Å². The number of fused-ring (bicyclic) bond motifs is 4. The van der Waals surface area contributed by atoms with E-state index in [1.54, 1.807) is 24.3 Å². The van der Waals surface area contributed by atoms with E-state index in [9.17, 15) is 14.7 Å². The Hall–Kier alpha value is -3.21. The van der Waals surface area contributed by atoms with Crippen molar-refractivity contribution in [2.45, 2.75) is 6.92 Å². The fourth-order valence-corrected chi connectivity index (χ4v) is 3.45. The Morgan fingerprint density at radius 1 is 1.00 bits per heavy atom. The van der Waals surface area contributed by atoms with E-state index < -0.39 is 5.43 Å². The lowest BCUT2D eigenvalue weighted by Gasteiger charge is -2.07. The second kappa shape index (κ2) is 4.64. The third kappa shape index (κ3) is 1.61. The summed E-state index contributed by atoms with van der Waals surface area (Å²) in [6.07, 6.45) is 0. The monoisotopic (exact) mass is 319 g/mol. The van der Waals surface area contributed by atoms with Gasteiger partial charge >= 0.3 is 0 Å². The normalized spacial score (nSPS) is 11.6. The maximum atomic E-state index is 12.9. The van der Waals surface area contributed by atoms with E-state index in [1.807, 2.05) is 6.92 Å². The van der Waals surface area contributed by atoms with Gasteiger partial charge in [-0.25, -0.2) is 0 Å². The van der Waals surface area contributed by atoms with Crippen LogP contribution in [0.15, 0.2) is 39.9 Å². The van der Waals surface area contributed by atoms with Crippen LogP contribution in [0.3, 0.4) is 0 Å². The Morgan fingerprint density at radius 3 is 2.42 bits per heavy atom. The summed E-state index contributed by atoms with van der Waals surface area (Å²) < 4.78 is 5.41. The highest BCUT2D eigenvalue weighted by atomic mass is 16.5. The number of nitrogens with one attached hydrogen (secondary N) is 1. The molecule has 2 N–H and O–H groups in total. The van der Waals surface area contributed by atoms with E-state index in [0.29, 0.717) is 16.5 Å². The van der Waals surface area contributed by atoms with Gasteiger partial charge in [0.05, 0.1) is 7.11 Å². The topological polar surface area (TPSA) is 87.4 Å². The van der Waals surface area contributed by atoms with Gasteiger partial charge in [-0.15, -0.1) is 0 Å². The molecule has 0 unspecified atom stereocenters. The number of aromatic hydroxyl groups is 1. The zero-order valence-electron chi connectivity index (χ0n) is 13.1. The van der Waals surface area contributed by atoms with Gasteiger partial charge in [-0.3, -0.25) is 15.0 Å². The molecule has 5 nitrogen and oxygen atoms in total. The van der Waals surface area contributed by atoms with Crippen molar-refractivity contribution in [2.75, 3.05) is 7.11 Å². The average molecular weight is 319 g/mol. The van der Waals surface area contributed by atoms with Crippen LogP contribution in [0.4, 0.5) is 0 Å². The molecule has 0 saturated carbocycles. The number of hydrogen-bond donors (Lipinski definition) is 2. The van der Waals surface area contributed by atoms with E-state index in [2.05, 4.69) is 0 Å². The number of aryl methyl sites for hydroxylation is 1. The highest BCUT2D eigenvalue weighted by Crippen LogP contribution is 2.30. The summed E-state index contributed by atoms with van der Waals surface area (Å²) in [4.78, 5) is 25.7. The summed E-state index contributed by atoms with van der Waals surface area (Å²) in [5.41, 5.74) is -0.0584. The van der Waals surface area contributed by atoms with Gasteiger partial charge in [0, 0.05) is 32.0 Å². The molecule has 0 atom stereocenters. The van der Waals surface area contributed by atoms with Gasteiger partial charge in [0.1, 0.15) is 16.9 Å². The maximum absolute atomic E-state index is 12.9. The Morgan fingerprint density at radius 2 is 1.71 bits per heavy atom. The van der Waals surface area contributed by atoms with E-state index >= 15 is 0 Å². The SMILES string of the molecule is COc1cc(C)cc2c(=N)c(=O)c3c4c(O)cccc4c(=O)c=3c12. The van der Waals surface area contributed by atoms with E-state index in [0.717, 1.165) is 5.56 Å². The second-order valence-corrected chi connectivity index (χ2v) is 5.87. The standard InChI is InChI=1S/C19H13NO4/c1-8-6-10-14(12(7-8)24-2)16-15(19(23)17(10)20)13-9(18(16)22)4-3-5-11(13)21/h3-7,20-21H,1-2H3. The highest BCUT2D eigenvalue weighted by Gasteiger charge is 2.19. The molecule has 0 fully saturated rings. The van der Waals surface area contributed by atoms with Crippen LogP contribution < -0.4 is 21.0 Å². The number of ether oxygens (including phenoxy) is 1. The lowest BCUT2D eigenvalue weighted by Crippen LogP contribution is -2.26. The Kier molecular flexibility index (Phi) is 2.78. The molecule has 4 rings (SSSR count). The lowest BCUT2D eigenvalue weighted by molar-refractivity contribution is 0.419. The summed E-state index contributed by atoms with van der Waals surface area (Å²) in [5.74, 6) is 0.303.